The molecule has 8 aromatic carbocycles. The van der Waals surface area contributed by atoms with E-state index in [1.54, 1.807) is 0 Å². The molecule has 0 radical (unpaired) electrons. The second-order valence-corrected chi connectivity index (χ2v) is 12.1. The van der Waals surface area contributed by atoms with Gasteiger partial charge in [-0.15, -0.1) is 0 Å². The van der Waals surface area contributed by atoms with E-state index in [1.165, 1.54) is 44.2 Å². The van der Waals surface area contributed by atoms with E-state index in [0.29, 0.717) is 0 Å². The van der Waals surface area contributed by atoms with Crippen molar-refractivity contribution >= 4 is 49.8 Å². The molecular formula is C46H31NO. The molecule has 0 N–H and O–H groups in total. The minimum atomic E-state index is 0.875. The van der Waals surface area contributed by atoms with Crippen LogP contribution >= 0.6 is 0 Å². The molecule has 9 aromatic rings. The van der Waals surface area contributed by atoms with Gasteiger partial charge in [0.25, 0.3) is 0 Å². The Kier molecular flexibility index (Phi) is 6.84. The molecule has 226 valence electrons. The fourth-order valence-corrected chi connectivity index (χ4v) is 7.02. The third-order valence-electron chi connectivity index (χ3n) is 9.28. The van der Waals surface area contributed by atoms with Crippen LogP contribution in [0.1, 0.15) is 0 Å². The molecule has 1 aromatic heterocycles. The fourth-order valence-electron chi connectivity index (χ4n) is 7.02. The predicted octanol–water partition coefficient (Wildman–Crippen LogP) is 13.2. The molecule has 1 heterocycles. The van der Waals surface area contributed by atoms with Crippen LogP contribution in [0.4, 0.5) is 17.1 Å². The van der Waals surface area contributed by atoms with Crippen molar-refractivity contribution in [1.82, 2.24) is 0 Å². The average molecular weight is 614 g/mol. The van der Waals surface area contributed by atoms with Crippen LogP contribution in [-0.4, -0.2) is 0 Å². The Morgan fingerprint density at radius 3 is 1.65 bits per heavy atom. The maximum Gasteiger partial charge on any atom is 0.137 e. The van der Waals surface area contributed by atoms with E-state index in [0.717, 1.165) is 39.0 Å². The number of hydrogen-bond donors (Lipinski definition) is 0. The first-order valence-electron chi connectivity index (χ1n) is 16.4. The SMILES string of the molecule is c1ccc(-c2ccc(N(c3ccc(-c4c(-c5ccccc5)ccc5ccccc45)cc3)c3cccc4oc5ccccc5c34)cc2)cc1. The summed E-state index contributed by atoms with van der Waals surface area (Å²) < 4.78 is 6.34. The van der Waals surface area contributed by atoms with Gasteiger partial charge in [-0.1, -0.05) is 146 Å². The van der Waals surface area contributed by atoms with Gasteiger partial charge < -0.3 is 9.32 Å². The van der Waals surface area contributed by atoms with Gasteiger partial charge in [0.2, 0.25) is 0 Å². The highest BCUT2D eigenvalue weighted by molar-refractivity contribution is 6.13. The average Bonchev–Trinajstić information content (AvgIpc) is 3.55. The van der Waals surface area contributed by atoms with E-state index >= 15 is 0 Å². The summed E-state index contributed by atoms with van der Waals surface area (Å²) in [5.41, 5.74) is 12.2. The van der Waals surface area contributed by atoms with Crippen LogP contribution in [0.3, 0.4) is 0 Å². The van der Waals surface area contributed by atoms with Crippen molar-refractivity contribution in [3.63, 3.8) is 0 Å². The van der Waals surface area contributed by atoms with Crippen LogP contribution < -0.4 is 4.90 Å². The second kappa shape index (κ2) is 11.8. The molecule has 9 rings (SSSR count). The molecule has 2 heteroatoms. The largest absolute Gasteiger partial charge is 0.456 e. The molecule has 0 bridgehead atoms. The van der Waals surface area contributed by atoms with Crippen molar-refractivity contribution in [2.24, 2.45) is 0 Å². The van der Waals surface area contributed by atoms with Crippen molar-refractivity contribution in [1.29, 1.82) is 0 Å². The monoisotopic (exact) mass is 613 g/mol. The maximum atomic E-state index is 6.34. The van der Waals surface area contributed by atoms with Gasteiger partial charge in [0.05, 0.1) is 11.1 Å². The Bertz CT molecular complexity index is 2530. The molecule has 0 fully saturated rings. The van der Waals surface area contributed by atoms with Crippen molar-refractivity contribution in [2.75, 3.05) is 4.90 Å². The number of para-hydroxylation sites is 1. The summed E-state index contributed by atoms with van der Waals surface area (Å²) in [6.07, 6.45) is 0. The lowest BCUT2D eigenvalue weighted by Crippen LogP contribution is -2.10. The molecule has 0 aliphatic carbocycles. The van der Waals surface area contributed by atoms with E-state index < -0.39 is 0 Å². The summed E-state index contributed by atoms with van der Waals surface area (Å²) in [4.78, 5) is 2.35. The first-order valence-corrected chi connectivity index (χ1v) is 16.4. The number of furan rings is 1. The number of nitrogens with zero attached hydrogens (tertiary/aromatic N) is 1. The van der Waals surface area contributed by atoms with Crippen molar-refractivity contribution in [3.8, 4) is 33.4 Å². The Morgan fingerprint density at radius 2 is 0.917 bits per heavy atom. The van der Waals surface area contributed by atoms with Gasteiger partial charge in [0.1, 0.15) is 11.2 Å². The van der Waals surface area contributed by atoms with E-state index in [-0.39, 0.29) is 0 Å². The van der Waals surface area contributed by atoms with Crippen LogP contribution in [0.15, 0.2) is 192 Å². The Morgan fingerprint density at radius 1 is 0.354 bits per heavy atom. The highest BCUT2D eigenvalue weighted by Crippen LogP contribution is 2.44. The molecule has 2 nitrogen and oxygen atoms in total. The zero-order valence-electron chi connectivity index (χ0n) is 26.3. The Balaban J connectivity index is 1.22. The zero-order chi connectivity index (χ0) is 31.9. The van der Waals surface area contributed by atoms with Crippen LogP contribution in [0.25, 0.3) is 66.1 Å². The number of hydrogen-bond acceptors (Lipinski definition) is 2. The van der Waals surface area contributed by atoms with E-state index in [2.05, 4.69) is 181 Å². The molecule has 0 unspecified atom stereocenters. The number of anilines is 3. The lowest BCUT2D eigenvalue weighted by atomic mass is 9.89. The molecule has 0 aliphatic heterocycles. The van der Waals surface area contributed by atoms with Gasteiger partial charge in [-0.3, -0.25) is 0 Å². The van der Waals surface area contributed by atoms with Gasteiger partial charge >= 0.3 is 0 Å². The van der Waals surface area contributed by atoms with Crippen molar-refractivity contribution in [3.05, 3.63) is 188 Å². The normalized spacial score (nSPS) is 11.3. The van der Waals surface area contributed by atoms with Crippen molar-refractivity contribution in [2.45, 2.75) is 0 Å². The van der Waals surface area contributed by atoms with Crippen LogP contribution in [0, 0.1) is 0 Å². The number of fused-ring (bicyclic) bond motifs is 4. The third kappa shape index (κ3) is 4.83. The number of benzene rings is 8. The molecule has 0 spiro atoms. The first kappa shape index (κ1) is 27.9. The minimum absolute atomic E-state index is 0.875. The quantitative estimate of drug-likeness (QED) is 0.185. The summed E-state index contributed by atoms with van der Waals surface area (Å²) in [5, 5.41) is 4.68. The molecule has 48 heavy (non-hydrogen) atoms. The minimum Gasteiger partial charge on any atom is -0.456 e. The van der Waals surface area contributed by atoms with Crippen LogP contribution in [-0.2, 0) is 0 Å². The van der Waals surface area contributed by atoms with E-state index in [9.17, 15) is 0 Å². The topological polar surface area (TPSA) is 16.4 Å². The Labute approximate surface area is 279 Å². The first-order chi connectivity index (χ1) is 23.8. The van der Waals surface area contributed by atoms with Gasteiger partial charge in [0.15, 0.2) is 0 Å². The van der Waals surface area contributed by atoms with Gasteiger partial charge in [0, 0.05) is 16.8 Å². The van der Waals surface area contributed by atoms with Crippen LogP contribution in [0.2, 0.25) is 0 Å². The molecule has 0 saturated carbocycles. The lowest BCUT2D eigenvalue weighted by molar-refractivity contribution is 0.669. The molecular weight excluding hydrogens is 583 g/mol. The summed E-state index contributed by atoms with van der Waals surface area (Å²) in [6.45, 7) is 0. The lowest BCUT2D eigenvalue weighted by Gasteiger charge is -2.27. The van der Waals surface area contributed by atoms with E-state index in [4.69, 9.17) is 4.42 Å². The van der Waals surface area contributed by atoms with Gasteiger partial charge in [-0.25, -0.2) is 0 Å². The molecule has 0 amide bonds. The highest BCUT2D eigenvalue weighted by atomic mass is 16.3. The van der Waals surface area contributed by atoms with Crippen LogP contribution in [0.5, 0.6) is 0 Å². The summed E-state index contributed by atoms with van der Waals surface area (Å²) in [7, 11) is 0. The predicted molar refractivity (Wildman–Crippen MR) is 202 cm³/mol. The fraction of sp³-hybridized carbons (Fsp3) is 0. The smallest absolute Gasteiger partial charge is 0.137 e. The van der Waals surface area contributed by atoms with Gasteiger partial charge in [-0.05, 0) is 86.6 Å². The highest BCUT2D eigenvalue weighted by Gasteiger charge is 2.20. The van der Waals surface area contributed by atoms with E-state index in [1.807, 2.05) is 12.1 Å². The summed E-state index contributed by atoms with van der Waals surface area (Å²) in [5.74, 6) is 0. The second-order valence-electron chi connectivity index (χ2n) is 12.1. The molecule has 0 aliphatic rings. The molecule has 0 saturated heterocycles. The standard InChI is InChI=1S/C46H31NO/c1-3-12-32(13-4-1)33-22-27-37(28-23-33)47(42-19-11-21-44-46(42)41-18-9-10-20-43(41)48-44)38-29-24-36(25-30-38)45-39-17-8-7-16-35(39)26-31-40(45)34-14-5-2-6-15-34/h1-31H. The Hall–Kier alpha value is -6.38. The van der Waals surface area contributed by atoms with Crippen molar-refractivity contribution < 1.29 is 4.42 Å². The summed E-state index contributed by atoms with van der Waals surface area (Å²) in [6, 6.07) is 66.9. The third-order valence-corrected chi connectivity index (χ3v) is 9.28. The molecule has 0 atom stereocenters. The van der Waals surface area contributed by atoms with Gasteiger partial charge in [-0.2, -0.15) is 0 Å². The summed E-state index contributed by atoms with van der Waals surface area (Å²) >= 11 is 0. The maximum absolute atomic E-state index is 6.34. The zero-order valence-corrected chi connectivity index (χ0v) is 26.3. The number of rotatable bonds is 6.